The highest BCUT2D eigenvalue weighted by molar-refractivity contribution is 6.31. The Balaban J connectivity index is 1.88. The predicted molar refractivity (Wildman–Crippen MR) is 137 cm³/mol. The van der Waals surface area contributed by atoms with Crippen molar-refractivity contribution in [2.45, 2.75) is 59.1 Å². The number of benzene rings is 3. The van der Waals surface area contributed by atoms with Gasteiger partial charge in [0.2, 0.25) is 0 Å². The molecule has 0 unspecified atom stereocenters. The predicted octanol–water partition coefficient (Wildman–Crippen LogP) is 8.29. The van der Waals surface area contributed by atoms with Crippen LogP contribution in [0.5, 0.6) is 5.75 Å². The van der Waals surface area contributed by atoms with Crippen LogP contribution in [0.1, 0.15) is 56.9 Å². The highest BCUT2D eigenvalue weighted by Gasteiger charge is 2.27. The van der Waals surface area contributed by atoms with Crippen molar-refractivity contribution in [2.75, 3.05) is 0 Å². The topological polar surface area (TPSA) is 14.2 Å². The number of rotatable bonds is 2. The molecule has 32 heavy (non-hydrogen) atoms. The first-order chi connectivity index (χ1) is 15.0. The summed E-state index contributed by atoms with van der Waals surface area (Å²) in [5, 5.41) is 3.34. The van der Waals surface area contributed by atoms with Crippen LogP contribution in [0.3, 0.4) is 0 Å². The maximum absolute atomic E-state index is 6.58. The minimum absolute atomic E-state index is 0.0850. The van der Waals surface area contributed by atoms with E-state index < -0.39 is 0 Å². The van der Waals surface area contributed by atoms with Crippen LogP contribution in [-0.2, 0) is 12.0 Å². The van der Waals surface area contributed by atoms with Crippen LogP contribution in [0, 0.1) is 6.92 Å². The summed E-state index contributed by atoms with van der Waals surface area (Å²) in [6.45, 7) is 13.9. The molecule has 164 valence electrons. The number of hydrogen-bond acceptors (Lipinski definition) is 1. The van der Waals surface area contributed by atoms with Crippen LogP contribution < -0.4 is 4.74 Å². The Kier molecular flexibility index (Phi) is 4.73. The Hall–Kier alpha value is -2.71. The van der Waals surface area contributed by atoms with E-state index in [9.17, 15) is 0 Å². The van der Waals surface area contributed by atoms with Gasteiger partial charge in [-0.05, 0) is 79.3 Å². The van der Waals surface area contributed by atoms with Crippen LogP contribution in [0.25, 0.3) is 27.9 Å². The number of ether oxygens (including phenoxy) is 1. The van der Waals surface area contributed by atoms with Gasteiger partial charge in [-0.25, -0.2) is 0 Å². The second kappa shape index (κ2) is 7.15. The lowest BCUT2D eigenvalue weighted by molar-refractivity contribution is 0.158. The standard InChI is InChI=1S/C29H30ClNO/c1-18-15-23-22-16-20(28(2,3)4)11-12-25(22)31(17-19-9-7-8-10-24(19)30)26(23)21-13-14-29(5,6)32-27(18)21/h7-16H,17H2,1-6H3. The molecule has 0 spiro atoms. The molecule has 0 N–H and O–H groups in total. The molecule has 0 saturated carbocycles. The molecule has 1 aromatic heterocycles. The van der Waals surface area contributed by atoms with Crippen molar-refractivity contribution in [2.24, 2.45) is 0 Å². The van der Waals surface area contributed by atoms with Gasteiger partial charge in [0.1, 0.15) is 11.4 Å². The lowest BCUT2D eigenvalue weighted by Crippen LogP contribution is -2.28. The summed E-state index contributed by atoms with van der Waals surface area (Å²) in [4.78, 5) is 0. The van der Waals surface area contributed by atoms with Gasteiger partial charge in [0.05, 0.1) is 5.52 Å². The number of nitrogens with zero attached hydrogens (tertiary/aromatic N) is 1. The average molecular weight is 444 g/mol. The van der Waals surface area contributed by atoms with E-state index >= 15 is 0 Å². The molecule has 0 atom stereocenters. The van der Waals surface area contributed by atoms with Gasteiger partial charge in [0.25, 0.3) is 0 Å². The lowest BCUT2D eigenvalue weighted by Gasteiger charge is -2.29. The van der Waals surface area contributed by atoms with Crippen LogP contribution >= 0.6 is 11.6 Å². The fourth-order valence-electron chi connectivity index (χ4n) is 4.72. The Labute approximate surface area is 195 Å². The maximum Gasteiger partial charge on any atom is 0.132 e. The van der Waals surface area contributed by atoms with Crippen molar-refractivity contribution in [3.63, 3.8) is 0 Å². The van der Waals surface area contributed by atoms with E-state index in [1.807, 2.05) is 12.1 Å². The zero-order valence-corrected chi connectivity index (χ0v) is 20.5. The summed E-state index contributed by atoms with van der Waals surface area (Å²) < 4.78 is 8.84. The van der Waals surface area contributed by atoms with Crippen LogP contribution in [0.2, 0.25) is 5.02 Å². The molecule has 0 saturated heterocycles. The van der Waals surface area contributed by atoms with Crippen LogP contribution in [0.15, 0.2) is 54.6 Å². The molecule has 0 fully saturated rings. The maximum atomic E-state index is 6.58. The van der Waals surface area contributed by atoms with E-state index in [0.29, 0.717) is 6.54 Å². The fraction of sp³-hybridized carbons (Fsp3) is 0.310. The largest absolute Gasteiger partial charge is 0.483 e. The number of fused-ring (bicyclic) bond motifs is 5. The molecule has 2 heterocycles. The number of halogens is 1. The van der Waals surface area contributed by atoms with E-state index in [1.165, 1.54) is 32.9 Å². The third-order valence-corrected chi connectivity index (χ3v) is 6.86. The Morgan fingerprint density at radius 2 is 1.75 bits per heavy atom. The molecule has 5 rings (SSSR count). The third-order valence-electron chi connectivity index (χ3n) is 6.49. The molecule has 0 radical (unpaired) electrons. The van der Waals surface area contributed by atoms with Gasteiger partial charge in [-0.2, -0.15) is 0 Å². The monoisotopic (exact) mass is 443 g/mol. The molecule has 1 aliphatic rings. The first-order valence-electron chi connectivity index (χ1n) is 11.3. The van der Waals surface area contributed by atoms with Crippen molar-refractivity contribution in [1.29, 1.82) is 0 Å². The minimum atomic E-state index is -0.315. The minimum Gasteiger partial charge on any atom is -0.483 e. The zero-order chi connectivity index (χ0) is 22.8. The van der Waals surface area contributed by atoms with Crippen molar-refractivity contribution < 1.29 is 4.74 Å². The number of aromatic nitrogens is 1. The molecule has 3 heteroatoms. The summed E-state index contributed by atoms with van der Waals surface area (Å²) in [5.74, 6) is 0.976. The van der Waals surface area contributed by atoms with E-state index in [0.717, 1.165) is 21.9 Å². The molecule has 4 aromatic rings. The van der Waals surface area contributed by atoms with E-state index in [1.54, 1.807) is 0 Å². The first-order valence-corrected chi connectivity index (χ1v) is 11.6. The van der Waals surface area contributed by atoms with Crippen molar-refractivity contribution >= 4 is 39.5 Å². The van der Waals surface area contributed by atoms with E-state index in [-0.39, 0.29) is 11.0 Å². The van der Waals surface area contributed by atoms with Gasteiger partial charge >= 0.3 is 0 Å². The molecule has 0 bridgehead atoms. The van der Waals surface area contributed by atoms with Crippen molar-refractivity contribution in [3.05, 3.63) is 81.9 Å². The second-order valence-electron chi connectivity index (χ2n) is 10.5. The lowest BCUT2D eigenvalue weighted by atomic mass is 9.86. The molecule has 0 aliphatic carbocycles. The molecular formula is C29H30ClNO. The van der Waals surface area contributed by atoms with Gasteiger partial charge in [-0.15, -0.1) is 0 Å². The Morgan fingerprint density at radius 1 is 1.00 bits per heavy atom. The summed E-state index contributed by atoms with van der Waals surface area (Å²) in [6, 6.07) is 17.3. The van der Waals surface area contributed by atoms with E-state index in [4.69, 9.17) is 16.3 Å². The van der Waals surface area contributed by atoms with Gasteiger partial charge in [-0.3, -0.25) is 0 Å². The third kappa shape index (κ3) is 3.42. The highest BCUT2D eigenvalue weighted by Crippen LogP contribution is 2.43. The molecule has 0 amide bonds. The van der Waals surface area contributed by atoms with Crippen molar-refractivity contribution in [3.8, 4) is 5.75 Å². The van der Waals surface area contributed by atoms with Gasteiger partial charge < -0.3 is 9.30 Å². The highest BCUT2D eigenvalue weighted by atomic mass is 35.5. The molecule has 3 aromatic carbocycles. The Morgan fingerprint density at radius 3 is 2.47 bits per heavy atom. The second-order valence-corrected chi connectivity index (χ2v) is 10.9. The Bertz CT molecular complexity index is 1400. The summed E-state index contributed by atoms with van der Waals surface area (Å²) in [6.07, 6.45) is 4.40. The fourth-order valence-corrected chi connectivity index (χ4v) is 4.91. The normalized spacial score (nSPS) is 15.2. The molecule has 1 aliphatic heterocycles. The molecule has 2 nitrogen and oxygen atoms in total. The van der Waals surface area contributed by atoms with Crippen LogP contribution in [-0.4, -0.2) is 10.2 Å². The quantitative estimate of drug-likeness (QED) is 0.304. The summed E-state index contributed by atoms with van der Waals surface area (Å²) in [5.41, 5.74) is 6.97. The zero-order valence-electron chi connectivity index (χ0n) is 19.7. The average Bonchev–Trinajstić information content (AvgIpc) is 3.01. The van der Waals surface area contributed by atoms with Crippen molar-refractivity contribution in [1.82, 2.24) is 4.57 Å². The molecular weight excluding hydrogens is 414 g/mol. The SMILES string of the molecule is Cc1cc2c3cc(C(C)(C)C)ccc3n(Cc3ccccc3Cl)c2c2c1OC(C)(C)C=C2. The first kappa shape index (κ1) is 21.2. The number of hydrogen-bond donors (Lipinski definition) is 0. The van der Waals surface area contributed by atoms with Gasteiger partial charge in [-0.1, -0.05) is 56.6 Å². The number of aryl methyl sites for hydroxylation is 1. The van der Waals surface area contributed by atoms with Gasteiger partial charge in [0.15, 0.2) is 0 Å². The van der Waals surface area contributed by atoms with Crippen LogP contribution in [0.4, 0.5) is 0 Å². The smallest absolute Gasteiger partial charge is 0.132 e. The van der Waals surface area contributed by atoms with Gasteiger partial charge in [0, 0.05) is 33.4 Å². The summed E-state index contributed by atoms with van der Waals surface area (Å²) in [7, 11) is 0. The van der Waals surface area contributed by atoms with E-state index in [2.05, 4.69) is 94.7 Å². The summed E-state index contributed by atoms with van der Waals surface area (Å²) >= 11 is 6.58.